The van der Waals surface area contributed by atoms with E-state index in [1.807, 2.05) is 0 Å². The van der Waals surface area contributed by atoms with Gasteiger partial charge in [0, 0.05) is 0 Å². The molecule has 0 amide bonds. The van der Waals surface area contributed by atoms with Crippen LogP contribution in [0.4, 0.5) is 0 Å². The van der Waals surface area contributed by atoms with Crippen LogP contribution in [0.1, 0.15) is 39.5 Å². The van der Waals surface area contributed by atoms with Crippen molar-refractivity contribution in [3.63, 3.8) is 0 Å². The summed E-state index contributed by atoms with van der Waals surface area (Å²) < 4.78 is 19.6. The monoisotopic (exact) mass is 408 g/mol. The van der Waals surface area contributed by atoms with Crippen LogP contribution in [0.2, 0.25) is 0 Å². The Kier molecular flexibility index (Phi) is 6.66. The van der Waals surface area contributed by atoms with Crippen molar-refractivity contribution in [2.75, 3.05) is 0 Å². The molecule has 116 valence electrons. The summed E-state index contributed by atoms with van der Waals surface area (Å²) in [6.07, 6.45) is 2.64. The van der Waals surface area contributed by atoms with E-state index in [9.17, 15) is 19.2 Å². The summed E-state index contributed by atoms with van der Waals surface area (Å²) in [4.78, 5) is 46.1. The van der Waals surface area contributed by atoms with Crippen molar-refractivity contribution in [2.24, 2.45) is 0 Å². The second-order valence-electron chi connectivity index (χ2n) is 4.12. The average molecular weight is 407 g/mol. The third kappa shape index (κ3) is 5.74. The van der Waals surface area contributed by atoms with E-state index in [4.69, 9.17) is 12.3 Å². The Hall–Kier alpha value is -1.58. The SMILES string of the molecule is CCCC(=O)[O][Sn]1([O]C(=O)CCC)[O]C(=O)C=CC(=O)[O]1. The van der Waals surface area contributed by atoms with Gasteiger partial charge in [0.1, 0.15) is 0 Å². The first kappa shape index (κ1) is 17.5. The van der Waals surface area contributed by atoms with Crippen molar-refractivity contribution in [3.05, 3.63) is 12.2 Å². The van der Waals surface area contributed by atoms with Crippen molar-refractivity contribution in [3.8, 4) is 0 Å². The van der Waals surface area contributed by atoms with Crippen LogP contribution in [0.15, 0.2) is 12.2 Å². The molecule has 9 heteroatoms. The molecule has 1 aliphatic heterocycles. The molecule has 0 atom stereocenters. The molecule has 0 bridgehead atoms. The molecule has 0 aromatic carbocycles. The summed E-state index contributed by atoms with van der Waals surface area (Å²) in [5.41, 5.74) is 0. The van der Waals surface area contributed by atoms with Gasteiger partial charge >= 0.3 is 127 Å². The molecule has 0 aliphatic carbocycles. The Morgan fingerprint density at radius 1 is 0.952 bits per heavy atom. The Labute approximate surface area is 127 Å². The van der Waals surface area contributed by atoms with Gasteiger partial charge in [-0.3, -0.25) is 0 Å². The van der Waals surface area contributed by atoms with E-state index in [0.717, 1.165) is 12.2 Å². The van der Waals surface area contributed by atoms with E-state index < -0.39 is 43.9 Å². The van der Waals surface area contributed by atoms with E-state index in [-0.39, 0.29) is 12.8 Å². The van der Waals surface area contributed by atoms with Gasteiger partial charge in [-0.25, -0.2) is 0 Å². The van der Waals surface area contributed by atoms with Gasteiger partial charge in [0.25, 0.3) is 0 Å². The Morgan fingerprint density at radius 3 is 1.67 bits per heavy atom. The van der Waals surface area contributed by atoms with Crippen molar-refractivity contribution < 1.29 is 31.5 Å². The summed E-state index contributed by atoms with van der Waals surface area (Å²) in [7, 11) is 0. The van der Waals surface area contributed by atoms with Crippen LogP contribution in [-0.2, 0) is 31.5 Å². The molecule has 0 saturated carbocycles. The fourth-order valence-corrected chi connectivity index (χ4v) is 6.05. The first-order valence-electron chi connectivity index (χ1n) is 6.48. The fourth-order valence-electron chi connectivity index (χ4n) is 1.36. The molecule has 8 nitrogen and oxygen atoms in total. The van der Waals surface area contributed by atoms with E-state index in [0.29, 0.717) is 12.8 Å². The molecule has 0 unspecified atom stereocenters. The maximum atomic E-state index is 11.6. The predicted molar refractivity (Wildman–Crippen MR) is 69.1 cm³/mol. The van der Waals surface area contributed by atoms with Gasteiger partial charge in [-0.2, -0.15) is 0 Å². The van der Waals surface area contributed by atoms with Crippen molar-refractivity contribution in [1.82, 2.24) is 0 Å². The Bertz CT molecular complexity index is 428. The molecule has 1 heterocycles. The van der Waals surface area contributed by atoms with Gasteiger partial charge in [0.2, 0.25) is 0 Å². The zero-order chi connectivity index (χ0) is 15.9. The first-order valence-corrected chi connectivity index (χ1v) is 11.1. The van der Waals surface area contributed by atoms with Crippen LogP contribution < -0.4 is 0 Å². The van der Waals surface area contributed by atoms with Gasteiger partial charge < -0.3 is 0 Å². The van der Waals surface area contributed by atoms with Crippen molar-refractivity contribution in [1.29, 1.82) is 0 Å². The van der Waals surface area contributed by atoms with Crippen LogP contribution >= 0.6 is 0 Å². The van der Waals surface area contributed by atoms with Gasteiger partial charge in [0.05, 0.1) is 0 Å². The van der Waals surface area contributed by atoms with Gasteiger partial charge in [0.15, 0.2) is 0 Å². The molecule has 0 N–H and O–H groups in total. The van der Waals surface area contributed by atoms with E-state index >= 15 is 0 Å². The molecule has 21 heavy (non-hydrogen) atoms. The quantitative estimate of drug-likeness (QED) is 0.595. The molecule has 1 aliphatic rings. The molecule has 0 spiro atoms. The summed E-state index contributed by atoms with van der Waals surface area (Å²) >= 11 is -5.40. The van der Waals surface area contributed by atoms with Gasteiger partial charge in [-0.1, -0.05) is 0 Å². The number of carbonyl (C=O) groups excluding carboxylic acids is 4. The Morgan fingerprint density at radius 2 is 1.33 bits per heavy atom. The van der Waals surface area contributed by atoms with Crippen molar-refractivity contribution >= 4 is 43.9 Å². The van der Waals surface area contributed by atoms with Crippen LogP contribution in [-0.4, -0.2) is 43.9 Å². The summed E-state index contributed by atoms with van der Waals surface area (Å²) in [5, 5.41) is 0. The summed E-state index contributed by atoms with van der Waals surface area (Å²) in [6, 6.07) is 0. The molecule has 0 aromatic heterocycles. The Balaban J connectivity index is 2.97. The summed E-state index contributed by atoms with van der Waals surface area (Å²) in [6.45, 7) is 3.47. The topological polar surface area (TPSA) is 105 Å². The van der Waals surface area contributed by atoms with Gasteiger partial charge in [-0.05, 0) is 0 Å². The molecule has 0 aromatic rings. The summed E-state index contributed by atoms with van der Waals surface area (Å²) in [5.74, 6) is -3.41. The van der Waals surface area contributed by atoms with E-state index in [2.05, 4.69) is 0 Å². The second kappa shape index (κ2) is 8.01. The molecule has 0 fully saturated rings. The molecular formula is C12H16O8Sn. The maximum absolute atomic E-state index is 11.6. The first-order chi connectivity index (χ1) is 9.90. The third-order valence-electron chi connectivity index (χ3n) is 2.19. The van der Waals surface area contributed by atoms with Crippen LogP contribution in [0.3, 0.4) is 0 Å². The minimum atomic E-state index is -5.40. The average Bonchev–Trinajstić information content (AvgIpc) is 2.48. The normalized spacial score (nSPS) is 16.5. The number of rotatable bonds is 6. The molecule has 0 radical (unpaired) electrons. The molecule has 0 saturated heterocycles. The van der Waals surface area contributed by atoms with E-state index in [1.54, 1.807) is 13.8 Å². The minimum absolute atomic E-state index is 0.0204. The third-order valence-corrected chi connectivity index (χ3v) is 7.49. The molecule has 1 rings (SSSR count). The standard InChI is InChI=1S/C4H4O4.2C4H8O2.Sn/c5-3(6)1-2-4(7)8;2*1-2-3-4(5)6;/h1-2H,(H,5,6)(H,7,8);2*2-3H2,1H3,(H,5,6);/q;;;+4/p-4. The number of carbonyl (C=O) groups is 4. The number of hydrogen-bond donors (Lipinski definition) is 0. The van der Waals surface area contributed by atoms with Crippen LogP contribution in [0.25, 0.3) is 0 Å². The van der Waals surface area contributed by atoms with E-state index in [1.165, 1.54) is 0 Å². The zero-order valence-electron chi connectivity index (χ0n) is 11.7. The molecular weight excluding hydrogens is 391 g/mol. The number of hydrogen-bond acceptors (Lipinski definition) is 8. The zero-order valence-corrected chi connectivity index (χ0v) is 14.6. The van der Waals surface area contributed by atoms with Crippen LogP contribution in [0.5, 0.6) is 0 Å². The van der Waals surface area contributed by atoms with Crippen molar-refractivity contribution in [2.45, 2.75) is 39.5 Å². The predicted octanol–water partition coefficient (Wildman–Crippen LogP) is 0.765. The van der Waals surface area contributed by atoms with Gasteiger partial charge in [-0.15, -0.1) is 0 Å². The van der Waals surface area contributed by atoms with Crippen LogP contribution in [0, 0.1) is 0 Å². The second-order valence-corrected chi connectivity index (χ2v) is 9.31. The fraction of sp³-hybridized carbons (Fsp3) is 0.500.